The number of rotatable bonds is 6. The van der Waals surface area contributed by atoms with E-state index in [1.165, 1.54) is 38.0 Å². The Balaban J connectivity index is 2.16. The Morgan fingerprint density at radius 2 is 1.88 bits per heavy atom. The second kappa shape index (κ2) is 8.43. The molecule has 0 aliphatic carbocycles. The predicted octanol–water partition coefficient (Wildman–Crippen LogP) is 4.02. The molecule has 0 spiro atoms. The van der Waals surface area contributed by atoms with E-state index in [2.05, 4.69) is 5.32 Å². The van der Waals surface area contributed by atoms with Crippen molar-refractivity contribution in [2.75, 3.05) is 19.4 Å². The van der Waals surface area contributed by atoms with Gasteiger partial charge in [-0.05, 0) is 44.2 Å². The number of aryl methyl sites for hydroxylation is 1. The number of hydrogen-bond donors (Lipinski definition) is 1. The van der Waals surface area contributed by atoms with E-state index in [1.807, 2.05) is 31.2 Å². The Hall–Kier alpha value is -1.54. The van der Waals surface area contributed by atoms with Gasteiger partial charge in [0.2, 0.25) is 15.9 Å². The molecular weight excluding hydrogens is 392 g/mol. The molecule has 0 radical (unpaired) electrons. The van der Waals surface area contributed by atoms with Crippen LogP contribution in [0, 0.1) is 6.92 Å². The van der Waals surface area contributed by atoms with Gasteiger partial charge >= 0.3 is 0 Å². The summed E-state index contributed by atoms with van der Waals surface area (Å²) in [4.78, 5) is 13.4. The minimum Gasteiger partial charge on any atom is -0.325 e. The van der Waals surface area contributed by atoms with Crippen LogP contribution in [-0.4, -0.2) is 38.0 Å². The third-order valence-corrected chi connectivity index (χ3v) is 7.02. The molecule has 8 heteroatoms. The molecule has 1 amide bonds. The van der Waals surface area contributed by atoms with Gasteiger partial charge in [0, 0.05) is 24.7 Å². The molecule has 0 fully saturated rings. The maximum Gasteiger partial charge on any atom is 0.244 e. The van der Waals surface area contributed by atoms with Crippen molar-refractivity contribution in [2.24, 2.45) is 0 Å². The monoisotopic (exact) mass is 412 g/mol. The van der Waals surface area contributed by atoms with E-state index < -0.39 is 10.0 Å². The Morgan fingerprint density at radius 3 is 2.50 bits per heavy atom. The van der Waals surface area contributed by atoms with E-state index >= 15 is 0 Å². The van der Waals surface area contributed by atoms with E-state index in [-0.39, 0.29) is 21.1 Å². The Morgan fingerprint density at radius 1 is 1.19 bits per heavy atom. The van der Waals surface area contributed by atoms with Crippen LogP contribution < -0.4 is 5.32 Å². The molecule has 2 aromatic rings. The second-order valence-electron chi connectivity index (χ2n) is 6.00. The zero-order valence-corrected chi connectivity index (χ0v) is 17.4. The lowest BCUT2D eigenvalue weighted by atomic mass is 10.2. The topological polar surface area (TPSA) is 66.5 Å². The normalized spacial score (nSPS) is 12.8. The van der Waals surface area contributed by atoms with Crippen LogP contribution in [0.3, 0.4) is 0 Å². The van der Waals surface area contributed by atoms with Crippen LogP contribution >= 0.6 is 23.4 Å². The Kier molecular flexibility index (Phi) is 6.74. The van der Waals surface area contributed by atoms with Gasteiger partial charge < -0.3 is 5.32 Å². The van der Waals surface area contributed by atoms with E-state index in [0.717, 1.165) is 14.8 Å². The summed E-state index contributed by atoms with van der Waals surface area (Å²) in [6.45, 7) is 3.80. The molecule has 2 aromatic carbocycles. The molecule has 0 heterocycles. The van der Waals surface area contributed by atoms with Gasteiger partial charge in [-0.1, -0.05) is 29.3 Å². The van der Waals surface area contributed by atoms with E-state index in [9.17, 15) is 13.2 Å². The minimum atomic E-state index is -3.69. The van der Waals surface area contributed by atoms with Crippen molar-refractivity contribution in [1.82, 2.24) is 4.31 Å². The lowest BCUT2D eigenvalue weighted by molar-refractivity contribution is -0.115. The van der Waals surface area contributed by atoms with Crippen molar-refractivity contribution in [3.8, 4) is 0 Å². The van der Waals surface area contributed by atoms with E-state index in [1.54, 1.807) is 13.0 Å². The minimum absolute atomic E-state index is 0.0408. The van der Waals surface area contributed by atoms with Gasteiger partial charge in [0.25, 0.3) is 0 Å². The van der Waals surface area contributed by atoms with Crippen molar-refractivity contribution in [1.29, 1.82) is 0 Å². The van der Waals surface area contributed by atoms with Gasteiger partial charge in [0.05, 0.1) is 10.3 Å². The highest BCUT2D eigenvalue weighted by Gasteiger charge is 2.22. The van der Waals surface area contributed by atoms with E-state index in [0.29, 0.717) is 5.69 Å². The maximum absolute atomic E-state index is 12.5. The average molecular weight is 413 g/mol. The number of nitrogens with one attached hydrogen (secondary N) is 1. The maximum atomic E-state index is 12.5. The number of anilines is 1. The molecule has 0 aliphatic rings. The number of carbonyl (C=O) groups excluding carboxylic acids is 1. The van der Waals surface area contributed by atoms with Crippen molar-refractivity contribution in [3.05, 3.63) is 53.1 Å². The summed E-state index contributed by atoms with van der Waals surface area (Å²) in [6.07, 6.45) is 0. The predicted molar refractivity (Wildman–Crippen MR) is 107 cm³/mol. The number of halogens is 1. The first-order chi connectivity index (χ1) is 12.1. The summed E-state index contributed by atoms with van der Waals surface area (Å²) < 4.78 is 25.7. The standard InChI is InChI=1S/C18H21ClN2O3S2/c1-12-6-5-7-15(10-12)25-13(2)18(22)20-14-8-9-16(19)17(11-14)26(23,24)21(3)4/h5-11,13H,1-4H3,(H,20,22). The van der Waals surface area contributed by atoms with Crippen molar-refractivity contribution in [3.63, 3.8) is 0 Å². The van der Waals surface area contributed by atoms with E-state index in [4.69, 9.17) is 11.6 Å². The van der Waals surface area contributed by atoms with Crippen LogP contribution in [0.4, 0.5) is 5.69 Å². The zero-order chi connectivity index (χ0) is 19.5. The van der Waals surface area contributed by atoms with Crippen LogP contribution in [0.1, 0.15) is 12.5 Å². The van der Waals surface area contributed by atoms with Gasteiger partial charge in [0.1, 0.15) is 4.90 Å². The smallest absolute Gasteiger partial charge is 0.244 e. The second-order valence-corrected chi connectivity index (χ2v) is 9.94. The van der Waals surface area contributed by atoms with Gasteiger partial charge in [-0.3, -0.25) is 4.79 Å². The quantitative estimate of drug-likeness (QED) is 0.727. The Labute approximate surface area is 163 Å². The molecule has 2 rings (SSSR count). The molecule has 0 aromatic heterocycles. The third kappa shape index (κ3) is 5.01. The number of amides is 1. The molecule has 1 N–H and O–H groups in total. The number of sulfonamides is 1. The number of hydrogen-bond acceptors (Lipinski definition) is 4. The lowest BCUT2D eigenvalue weighted by Gasteiger charge is -2.16. The van der Waals surface area contributed by atoms with Gasteiger partial charge in [-0.2, -0.15) is 0 Å². The van der Waals surface area contributed by atoms with Crippen LogP contribution in [0.2, 0.25) is 5.02 Å². The van der Waals surface area contributed by atoms with Crippen molar-refractivity contribution >= 4 is 45.0 Å². The summed E-state index contributed by atoms with van der Waals surface area (Å²) in [5.41, 5.74) is 1.51. The summed E-state index contributed by atoms with van der Waals surface area (Å²) in [7, 11) is -0.838. The van der Waals surface area contributed by atoms with Gasteiger partial charge in [-0.15, -0.1) is 11.8 Å². The average Bonchev–Trinajstić information content (AvgIpc) is 2.56. The lowest BCUT2D eigenvalue weighted by Crippen LogP contribution is -2.24. The fourth-order valence-electron chi connectivity index (χ4n) is 2.17. The number of benzene rings is 2. The van der Waals surface area contributed by atoms with Crippen LogP contribution in [0.25, 0.3) is 0 Å². The fourth-order valence-corrected chi connectivity index (χ4v) is 4.54. The SMILES string of the molecule is Cc1cccc(SC(C)C(=O)Nc2ccc(Cl)c(S(=O)(=O)N(C)C)c2)c1. The van der Waals surface area contributed by atoms with Crippen molar-refractivity contribution in [2.45, 2.75) is 28.9 Å². The summed E-state index contributed by atoms with van der Waals surface area (Å²) in [5.74, 6) is -0.216. The Bertz CT molecular complexity index is 914. The summed E-state index contributed by atoms with van der Waals surface area (Å²) in [5, 5.41) is 2.52. The zero-order valence-electron chi connectivity index (χ0n) is 15.0. The van der Waals surface area contributed by atoms with Crippen LogP contribution in [0.5, 0.6) is 0 Å². The molecule has 1 unspecified atom stereocenters. The third-order valence-electron chi connectivity index (χ3n) is 3.63. The molecule has 0 aliphatic heterocycles. The van der Waals surface area contributed by atoms with Crippen LogP contribution in [0.15, 0.2) is 52.3 Å². The highest BCUT2D eigenvalue weighted by atomic mass is 35.5. The van der Waals surface area contributed by atoms with Crippen molar-refractivity contribution < 1.29 is 13.2 Å². The van der Waals surface area contributed by atoms with Crippen LogP contribution in [-0.2, 0) is 14.8 Å². The molecule has 0 saturated carbocycles. The molecule has 1 atom stereocenters. The molecule has 140 valence electrons. The molecular formula is C18H21ClN2O3S2. The molecule has 0 saturated heterocycles. The largest absolute Gasteiger partial charge is 0.325 e. The molecule has 26 heavy (non-hydrogen) atoms. The first-order valence-corrected chi connectivity index (χ1v) is 10.6. The first kappa shape index (κ1) is 20.8. The van der Waals surface area contributed by atoms with Gasteiger partial charge in [-0.25, -0.2) is 12.7 Å². The first-order valence-electron chi connectivity index (χ1n) is 7.87. The fraction of sp³-hybridized carbons (Fsp3) is 0.278. The highest BCUT2D eigenvalue weighted by molar-refractivity contribution is 8.00. The number of thioether (sulfide) groups is 1. The van der Waals surface area contributed by atoms with Gasteiger partial charge in [0.15, 0.2) is 0 Å². The summed E-state index contributed by atoms with van der Waals surface area (Å²) >= 11 is 7.46. The number of nitrogens with zero attached hydrogens (tertiary/aromatic N) is 1. The highest BCUT2D eigenvalue weighted by Crippen LogP contribution is 2.28. The summed E-state index contributed by atoms with van der Waals surface area (Å²) in [6, 6.07) is 12.3. The molecule has 5 nitrogen and oxygen atoms in total. The molecule has 0 bridgehead atoms. The number of carbonyl (C=O) groups is 1.